The molecule has 0 fully saturated rings. The number of fused-ring (bicyclic) bond motifs is 1. The van der Waals surface area contributed by atoms with Crippen LogP contribution in [-0.2, 0) is 22.4 Å². The summed E-state index contributed by atoms with van der Waals surface area (Å²) in [4.78, 5) is 36.5. The van der Waals surface area contributed by atoms with Gasteiger partial charge in [0.2, 0.25) is 0 Å². The number of carbonyl (C=O) groups is 2. The topological polar surface area (TPSA) is 122 Å². The molecule has 0 unspecified atom stereocenters. The summed E-state index contributed by atoms with van der Waals surface area (Å²) in [7, 11) is 0. The van der Waals surface area contributed by atoms with Gasteiger partial charge in [-0.2, -0.15) is 5.26 Å². The van der Waals surface area contributed by atoms with Crippen molar-refractivity contribution in [3.8, 4) is 6.07 Å². The Bertz CT molecular complexity index is 1060. The molecule has 1 aliphatic carbocycles. The van der Waals surface area contributed by atoms with Crippen molar-refractivity contribution in [1.82, 2.24) is 0 Å². The molecule has 1 amide bonds. The van der Waals surface area contributed by atoms with Crippen molar-refractivity contribution in [2.45, 2.75) is 32.6 Å². The average molecular weight is 425 g/mol. The van der Waals surface area contributed by atoms with E-state index in [9.17, 15) is 25.0 Å². The number of rotatable bonds is 6. The maximum absolute atomic E-state index is 12.7. The van der Waals surface area contributed by atoms with E-state index in [4.69, 9.17) is 4.74 Å². The van der Waals surface area contributed by atoms with Crippen LogP contribution in [0.3, 0.4) is 0 Å². The molecule has 3 rings (SSSR count). The quantitative estimate of drug-likeness (QED) is 0.243. The Morgan fingerprint density at radius 2 is 2.00 bits per heavy atom. The van der Waals surface area contributed by atoms with Gasteiger partial charge in [-0.05, 0) is 61.9 Å². The fourth-order valence-electron chi connectivity index (χ4n) is 3.25. The Morgan fingerprint density at radius 3 is 2.63 bits per heavy atom. The third kappa shape index (κ3) is 4.55. The Kier molecular flexibility index (Phi) is 6.59. The molecule has 1 heterocycles. The van der Waals surface area contributed by atoms with Crippen molar-refractivity contribution >= 4 is 40.0 Å². The first kappa shape index (κ1) is 21.2. The summed E-state index contributed by atoms with van der Waals surface area (Å²) in [6.45, 7) is 1.94. The molecular formula is C21H19N3O5S. The van der Waals surface area contributed by atoms with Crippen LogP contribution >= 0.6 is 11.3 Å². The molecule has 0 atom stereocenters. The Labute approximate surface area is 176 Å². The number of carbonyl (C=O) groups excluding carboxylic acids is 2. The van der Waals surface area contributed by atoms with Crippen LogP contribution in [0.1, 0.15) is 46.1 Å². The second kappa shape index (κ2) is 9.33. The van der Waals surface area contributed by atoms with Crippen molar-refractivity contribution in [1.29, 1.82) is 5.26 Å². The van der Waals surface area contributed by atoms with Crippen LogP contribution in [0.2, 0.25) is 0 Å². The van der Waals surface area contributed by atoms with Gasteiger partial charge in [0.1, 0.15) is 16.6 Å². The standard InChI is InChI=1S/C21H19N3O5S/c1-2-29-21(26)18-16-5-3-4-6-17(16)30-20(18)23-19(25)14(12-22)11-13-7-9-15(10-8-13)24(27)28/h7-11H,2-6H2,1H3,(H,23,25)/b14-11+. The highest BCUT2D eigenvalue weighted by molar-refractivity contribution is 7.17. The largest absolute Gasteiger partial charge is 0.462 e. The zero-order valence-corrected chi connectivity index (χ0v) is 17.1. The highest BCUT2D eigenvalue weighted by atomic mass is 32.1. The third-order valence-corrected chi connectivity index (χ3v) is 5.87. The smallest absolute Gasteiger partial charge is 0.341 e. The van der Waals surface area contributed by atoms with E-state index in [-0.39, 0.29) is 17.9 Å². The van der Waals surface area contributed by atoms with Gasteiger partial charge in [0, 0.05) is 17.0 Å². The van der Waals surface area contributed by atoms with Crippen LogP contribution in [0.25, 0.3) is 6.08 Å². The summed E-state index contributed by atoms with van der Waals surface area (Å²) in [6, 6.07) is 7.35. The number of benzene rings is 1. The van der Waals surface area contributed by atoms with Gasteiger partial charge < -0.3 is 10.1 Å². The van der Waals surface area contributed by atoms with E-state index in [1.54, 1.807) is 6.92 Å². The summed E-state index contributed by atoms with van der Waals surface area (Å²) in [5.41, 5.74) is 1.50. The van der Waals surface area contributed by atoms with Crippen LogP contribution in [0.15, 0.2) is 29.8 Å². The highest BCUT2D eigenvalue weighted by Crippen LogP contribution is 2.38. The van der Waals surface area contributed by atoms with Crippen LogP contribution in [0, 0.1) is 21.4 Å². The summed E-state index contributed by atoms with van der Waals surface area (Å²) < 4.78 is 5.17. The molecule has 0 aliphatic heterocycles. The lowest BCUT2D eigenvalue weighted by molar-refractivity contribution is -0.384. The minimum atomic E-state index is -0.653. The van der Waals surface area contributed by atoms with Gasteiger partial charge in [-0.25, -0.2) is 4.79 Å². The number of nitriles is 1. The van der Waals surface area contributed by atoms with Crippen molar-refractivity contribution in [2.75, 3.05) is 11.9 Å². The minimum absolute atomic E-state index is 0.0849. The van der Waals surface area contributed by atoms with Gasteiger partial charge in [-0.3, -0.25) is 14.9 Å². The monoisotopic (exact) mass is 425 g/mol. The summed E-state index contributed by atoms with van der Waals surface area (Å²) in [5.74, 6) is -1.13. The van der Waals surface area contributed by atoms with Gasteiger partial charge in [-0.1, -0.05) is 0 Å². The number of nitrogens with zero attached hydrogens (tertiary/aromatic N) is 2. The van der Waals surface area contributed by atoms with Gasteiger partial charge in [0.05, 0.1) is 17.1 Å². The van der Waals surface area contributed by atoms with E-state index in [1.165, 1.54) is 41.7 Å². The number of non-ortho nitro benzene ring substituents is 1. The number of ether oxygens (including phenoxy) is 1. The first-order chi connectivity index (χ1) is 14.4. The molecule has 0 saturated carbocycles. The number of aryl methyl sites for hydroxylation is 1. The van der Waals surface area contributed by atoms with Gasteiger partial charge in [0.25, 0.3) is 11.6 Å². The second-order valence-corrected chi connectivity index (χ2v) is 7.71. The molecule has 0 bridgehead atoms. The molecule has 0 radical (unpaired) electrons. The van der Waals surface area contributed by atoms with Crippen molar-refractivity contribution in [2.24, 2.45) is 0 Å². The fraction of sp³-hybridized carbons (Fsp3) is 0.286. The van der Waals surface area contributed by atoms with Crippen LogP contribution in [0.5, 0.6) is 0 Å². The van der Waals surface area contributed by atoms with Crippen molar-refractivity contribution in [3.63, 3.8) is 0 Å². The highest BCUT2D eigenvalue weighted by Gasteiger charge is 2.27. The summed E-state index contributed by atoms with van der Waals surface area (Å²) in [6.07, 6.45) is 4.92. The number of amides is 1. The third-order valence-electron chi connectivity index (χ3n) is 4.66. The maximum Gasteiger partial charge on any atom is 0.341 e. The summed E-state index contributed by atoms with van der Waals surface area (Å²) in [5, 5.41) is 23.3. The number of esters is 1. The van der Waals surface area contributed by atoms with Crippen LogP contribution < -0.4 is 5.32 Å². The number of hydrogen-bond donors (Lipinski definition) is 1. The van der Waals surface area contributed by atoms with Gasteiger partial charge >= 0.3 is 5.97 Å². The number of nitro benzene ring substituents is 1. The van der Waals surface area contributed by atoms with E-state index >= 15 is 0 Å². The molecule has 30 heavy (non-hydrogen) atoms. The first-order valence-electron chi connectivity index (χ1n) is 9.43. The summed E-state index contributed by atoms with van der Waals surface area (Å²) >= 11 is 1.34. The van der Waals surface area contributed by atoms with E-state index < -0.39 is 16.8 Å². The normalized spacial score (nSPS) is 13.1. The molecule has 1 N–H and O–H groups in total. The Morgan fingerprint density at radius 1 is 1.30 bits per heavy atom. The molecule has 1 aromatic heterocycles. The Hall–Kier alpha value is -3.51. The van der Waals surface area contributed by atoms with Crippen molar-refractivity contribution < 1.29 is 19.2 Å². The SMILES string of the molecule is CCOC(=O)c1c(NC(=O)/C(C#N)=C/c2ccc([N+](=O)[O-])cc2)sc2c1CCCC2. The number of nitro groups is 1. The molecule has 1 aromatic carbocycles. The van der Waals surface area contributed by atoms with E-state index in [0.29, 0.717) is 16.1 Å². The van der Waals surface area contributed by atoms with Gasteiger partial charge in [-0.15, -0.1) is 11.3 Å². The van der Waals surface area contributed by atoms with Crippen LogP contribution in [-0.4, -0.2) is 23.4 Å². The molecule has 0 saturated heterocycles. The minimum Gasteiger partial charge on any atom is -0.462 e. The molecule has 154 valence electrons. The Balaban J connectivity index is 1.88. The zero-order valence-electron chi connectivity index (χ0n) is 16.3. The number of anilines is 1. The molecule has 1 aliphatic rings. The number of hydrogen-bond acceptors (Lipinski definition) is 7. The average Bonchev–Trinajstić information content (AvgIpc) is 3.10. The number of nitrogens with one attached hydrogen (secondary N) is 1. The molecule has 8 nitrogen and oxygen atoms in total. The van der Waals surface area contributed by atoms with E-state index in [0.717, 1.165) is 36.1 Å². The molecule has 2 aromatic rings. The lowest BCUT2D eigenvalue weighted by atomic mass is 9.95. The van der Waals surface area contributed by atoms with Crippen molar-refractivity contribution in [3.05, 3.63) is 61.5 Å². The lowest BCUT2D eigenvalue weighted by Crippen LogP contribution is -2.16. The van der Waals surface area contributed by atoms with Gasteiger partial charge in [0.15, 0.2) is 0 Å². The zero-order chi connectivity index (χ0) is 21.7. The predicted octanol–water partition coefficient (Wildman–Crippen LogP) is 4.26. The number of thiophene rings is 1. The molecule has 9 heteroatoms. The molecule has 0 spiro atoms. The maximum atomic E-state index is 12.7. The van der Waals surface area contributed by atoms with Crippen LogP contribution in [0.4, 0.5) is 10.7 Å². The fourth-order valence-corrected chi connectivity index (χ4v) is 4.52. The van der Waals surface area contributed by atoms with E-state index in [1.807, 2.05) is 6.07 Å². The molecular weight excluding hydrogens is 406 g/mol. The second-order valence-electron chi connectivity index (χ2n) is 6.61. The predicted molar refractivity (Wildman–Crippen MR) is 112 cm³/mol. The van der Waals surface area contributed by atoms with E-state index in [2.05, 4.69) is 5.32 Å². The lowest BCUT2D eigenvalue weighted by Gasteiger charge is -2.12. The first-order valence-corrected chi connectivity index (χ1v) is 10.3.